The second kappa shape index (κ2) is 8.51. The normalized spacial score (nSPS) is 6.20. The van der Waals surface area contributed by atoms with Crippen LogP contribution in [0.4, 0.5) is 5.69 Å². The molecular formula is C7H7N2Na. The second-order valence-corrected chi connectivity index (χ2v) is 1.41. The van der Waals surface area contributed by atoms with Crippen LogP contribution in [0.15, 0.2) is 30.3 Å². The molecule has 0 radical (unpaired) electrons. The molecule has 10 heavy (non-hydrogen) atoms. The number of hydrogen-bond donors (Lipinski definition) is 1. The first-order valence-electron chi connectivity index (χ1n) is 2.42. The Labute approximate surface area is 82.9 Å². The molecule has 0 unspecified atom stereocenters. The number of para-hydroxylation sites is 1. The second-order valence-electron chi connectivity index (χ2n) is 1.41. The molecule has 2 nitrogen and oxygen atoms in total. The minimum absolute atomic E-state index is 0. The molecule has 0 atom stereocenters. The van der Waals surface area contributed by atoms with Gasteiger partial charge >= 0.3 is 29.6 Å². The maximum atomic E-state index is 6.25. The monoisotopic (exact) mass is 142 g/mol. The molecule has 0 aromatic heterocycles. The molecule has 3 heteroatoms. The number of nitrogens with zero attached hydrogens (tertiary/aromatic N) is 1. The average Bonchev–Trinajstić information content (AvgIpc) is 1.94. The average molecular weight is 142 g/mol. The summed E-state index contributed by atoms with van der Waals surface area (Å²) in [4.78, 5) is 0. The third kappa shape index (κ3) is 5.64. The van der Waals surface area contributed by atoms with Gasteiger partial charge in [0.25, 0.3) is 0 Å². The van der Waals surface area contributed by atoms with Crippen LogP contribution in [-0.4, -0.2) is 0 Å². The molecule has 1 rings (SSSR count). The van der Waals surface area contributed by atoms with Crippen LogP contribution in [-0.2, 0) is 0 Å². The van der Waals surface area contributed by atoms with Gasteiger partial charge in [-0.3, -0.25) is 0 Å². The molecule has 0 aliphatic heterocycles. The molecule has 0 saturated carbocycles. The molecule has 2 N–H and O–H groups in total. The van der Waals surface area contributed by atoms with Crippen molar-refractivity contribution in [3.8, 4) is 0 Å². The minimum atomic E-state index is 0. The molecule has 0 aliphatic rings. The number of hydrogen-bond acceptors (Lipinski definition) is 2. The Morgan fingerprint density at radius 3 is 1.70 bits per heavy atom. The zero-order valence-electron chi connectivity index (χ0n) is 5.91. The summed E-state index contributed by atoms with van der Waals surface area (Å²) in [6.45, 7) is 4.75. The van der Waals surface area contributed by atoms with Crippen molar-refractivity contribution in [2.24, 2.45) is 0 Å². The van der Waals surface area contributed by atoms with E-state index < -0.39 is 0 Å². The Balaban J connectivity index is 0. The third-order valence-electron chi connectivity index (χ3n) is 0.800. The zero-order valence-corrected chi connectivity index (χ0v) is 7.91. The van der Waals surface area contributed by atoms with Crippen LogP contribution in [0.1, 0.15) is 0 Å². The summed E-state index contributed by atoms with van der Waals surface area (Å²) >= 11 is 0. The van der Waals surface area contributed by atoms with E-state index in [0.717, 1.165) is 5.69 Å². The first-order chi connectivity index (χ1) is 4.39. The molecule has 0 aliphatic carbocycles. The molecular weight excluding hydrogens is 135 g/mol. The molecule has 0 saturated heterocycles. The van der Waals surface area contributed by atoms with Gasteiger partial charge in [-0.1, -0.05) is 18.2 Å². The SMILES string of the molecule is Nc1ccccc1.[C-]#N.[Na+]. The van der Waals surface area contributed by atoms with Crippen LogP contribution in [0.5, 0.6) is 0 Å². The fraction of sp³-hybridized carbons (Fsp3) is 0. The Morgan fingerprint density at radius 1 is 1.10 bits per heavy atom. The number of nitrogens with two attached hydrogens (primary N) is 1. The van der Waals surface area contributed by atoms with E-state index >= 15 is 0 Å². The van der Waals surface area contributed by atoms with Gasteiger partial charge in [-0.2, -0.15) is 0 Å². The van der Waals surface area contributed by atoms with Crippen molar-refractivity contribution in [1.82, 2.24) is 0 Å². The van der Waals surface area contributed by atoms with Crippen molar-refractivity contribution in [1.29, 1.82) is 5.26 Å². The van der Waals surface area contributed by atoms with E-state index in [4.69, 9.17) is 17.6 Å². The summed E-state index contributed by atoms with van der Waals surface area (Å²) in [5.74, 6) is 0. The molecule has 46 valence electrons. The fourth-order valence-electron chi connectivity index (χ4n) is 0.453. The topological polar surface area (TPSA) is 49.8 Å². The maximum Gasteiger partial charge on any atom is 1.00 e. The van der Waals surface area contributed by atoms with Crippen LogP contribution in [0.2, 0.25) is 0 Å². The maximum absolute atomic E-state index is 6.25. The Morgan fingerprint density at radius 2 is 1.50 bits per heavy atom. The predicted molar refractivity (Wildman–Crippen MR) is 35.8 cm³/mol. The van der Waals surface area contributed by atoms with E-state index in [9.17, 15) is 0 Å². The quantitative estimate of drug-likeness (QED) is 0.268. The van der Waals surface area contributed by atoms with Crippen LogP contribution >= 0.6 is 0 Å². The van der Waals surface area contributed by atoms with Crippen LogP contribution in [0.25, 0.3) is 0 Å². The summed E-state index contributed by atoms with van der Waals surface area (Å²) in [7, 11) is 0. The van der Waals surface area contributed by atoms with E-state index in [2.05, 4.69) is 0 Å². The Bertz CT molecular complexity index is 171. The van der Waals surface area contributed by atoms with E-state index in [-0.39, 0.29) is 29.6 Å². The Hall–Kier alpha value is -0.490. The molecule has 0 fully saturated rings. The van der Waals surface area contributed by atoms with Crippen LogP contribution < -0.4 is 35.3 Å². The third-order valence-corrected chi connectivity index (χ3v) is 0.800. The summed E-state index contributed by atoms with van der Waals surface area (Å²) in [5.41, 5.74) is 6.18. The molecule has 0 bridgehead atoms. The van der Waals surface area contributed by atoms with Crippen molar-refractivity contribution in [2.45, 2.75) is 0 Å². The van der Waals surface area contributed by atoms with Gasteiger partial charge in [-0.05, 0) is 12.1 Å². The van der Waals surface area contributed by atoms with Gasteiger partial charge in [0.15, 0.2) is 0 Å². The van der Waals surface area contributed by atoms with Gasteiger partial charge in [0.05, 0.1) is 0 Å². The molecule has 1 aromatic carbocycles. The summed E-state index contributed by atoms with van der Waals surface area (Å²) < 4.78 is 0. The fourth-order valence-corrected chi connectivity index (χ4v) is 0.453. The van der Waals surface area contributed by atoms with Gasteiger partial charge in [0.1, 0.15) is 0 Å². The van der Waals surface area contributed by atoms with E-state index in [1.165, 1.54) is 0 Å². The number of rotatable bonds is 0. The predicted octanol–water partition coefficient (Wildman–Crippen LogP) is -1.63. The first kappa shape index (κ1) is 12.2. The van der Waals surface area contributed by atoms with Gasteiger partial charge < -0.3 is 17.6 Å². The van der Waals surface area contributed by atoms with Crippen LogP contribution in [0.3, 0.4) is 0 Å². The van der Waals surface area contributed by atoms with Crippen LogP contribution in [0, 0.1) is 11.8 Å². The molecule has 1 aromatic rings. The standard InChI is InChI=1S/C6H7N.CN.Na/c7-6-4-2-1-3-5-6;1-2;/h1-5H,7H2;;/q;-1;+1. The van der Waals surface area contributed by atoms with Gasteiger partial charge in [-0.15, -0.1) is 0 Å². The Kier molecular flexibility index (Phi) is 10.4. The zero-order chi connectivity index (χ0) is 7.11. The molecule has 0 heterocycles. The molecule has 0 amide bonds. The smallest absolute Gasteiger partial charge is 0.512 e. The summed E-state index contributed by atoms with van der Waals surface area (Å²) in [5, 5.41) is 6.25. The van der Waals surface area contributed by atoms with Crippen molar-refractivity contribution in [2.75, 3.05) is 5.73 Å². The largest absolute Gasteiger partial charge is 1.00 e. The van der Waals surface area contributed by atoms with Crippen molar-refractivity contribution < 1.29 is 29.6 Å². The minimum Gasteiger partial charge on any atom is -0.512 e. The van der Waals surface area contributed by atoms with E-state index in [0.29, 0.717) is 0 Å². The summed E-state index contributed by atoms with van der Waals surface area (Å²) in [6, 6.07) is 9.49. The van der Waals surface area contributed by atoms with E-state index in [1.807, 2.05) is 30.3 Å². The summed E-state index contributed by atoms with van der Waals surface area (Å²) in [6.07, 6.45) is 0. The van der Waals surface area contributed by atoms with Crippen molar-refractivity contribution in [3.05, 3.63) is 36.9 Å². The van der Waals surface area contributed by atoms with Crippen molar-refractivity contribution in [3.63, 3.8) is 0 Å². The first-order valence-corrected chi connectivity index (χ1v) is 2.42. The van der Waals surface area contributed by atoms with Gasteiger partial charge in [0.2, 0.25) is 0 Å². The number of anilines is 1. The van der Waals surface area contributed by atoms with Crippen molar-refractivity contribution >= 4 is 5.69 Å². The number of nitrogen functional groups attached to an aromatic ring is 1. The van der Waals surface area contributed by atoms with Gasteiger partial charge in [-0.25, -0.2) is 0 Å². The van der Waals surface area contributed by atoms with E-state index in [1.54, 1.807) is 0 Å². The van der Waals surface area contributed by atoms with Gasteiger partial charge in [0, 0.05) is 5.69 Å². The molecule has 0 spiro atoms. The number of benzene rings is 1.